The fourth-order valence-corrected chi connectivity index (χ4v) is 2.35. The molecule has 0 bridgehead atoms. The van der Waals surface area contributed by atoms with E-state index in [2.05, 4.69) is 15.5 Å². The van der Waals surface area contributed by atoms with Gasteiger partial charge in [0.05, 0.1) is 5.75 Å². The van der Waals surface area contributed by atoms with E-state index in [-0.39, 0.29) is 17.4 Å². The quantitative estimate of drug-likeness (QED) is 0.423. The Hall–Kier alpha value is -2.22. The molecule has 0 saturated carbocycles. The molecule has 1 heterocycles. The third-order valence-corrected chi connectivity index (χ3v) is 3.64. The molecule has 2 aromatic rings. The normalized spacial score (nSPS) is 10.5. The summed E-state index contributed by atoms with van der Waals surface area (Å²) in [6.07, 6.45) is 1.69. The van der Waals surface area contributed by atoms with Crippen LogP contribution in [0.4, 0.5) is 5.69 Å². The van der Waals surface area contributed by atoms with Gasteiger partial charge in [0.2, 0.25) is 11.1 Å². The Morgan fingerprint density at radius 1 is 1.38 bits per heavy atom. The minimum atomic E-state index is -0.175. The lowest BCUT2D eigenvalue weighted by molar-refractivity contribution is -0.113. The van der Waals surface area contributed by atoms with E-state index in [1.807, 2.05) is 6.92 Å². The summed E-state index contributed by atoms with van der Waals surface area (Å²) in [6.45, 7) is 2.03. The molecular formula is C13H17N5O2S. The summed E-state index contributed by atoms with van der Waals surface area (Å²) in [4.78, 5) is 11.8. The van der Waals surface area contributed by atoms with Crippen molar-refractivity contribution in [2.24, 2.45) is 0 Å². The third kappa shape index (κ3) is 4.12. The van der Waals surface area contributed by atoms with Crippen molar-refractivity contribution in [1.29, 1.82) is 0 Å². The summed E-state index contributed by atoms with van der Waals surface area (Å²) in [5.41, 5.74) is 0.624. The number of aryl methyl sites for hydroxylation is 1. The molecule has 0 aliphatic rings. The van der Waals surface area contributed by atoms with Gasteiger partial charge in [-0.15, -0.1) is 10.2 Å². The summed E-state index contributed by atoms with van der Waals surface area (Å²) in [5.74, 6) is 6.73. The number of phenolic OH excluding ortho intramolecular Hbond substituents is 1. The molecule has 0 radical (unpaired) electrons. The highest BCUT2D eigenvalue weighted by Crippen LogP contribution is 2.17. The van der Waals surface area contributed by atoms with Crippen molar-refractivity contribution in [3.05, 3.63) is 30.1 Å². The Morgan fingerprint density at radius 2 is 2.10 bits per heavy atom. The monoisotopic (exact) mass is 307 g/mol. The van der Waals surface area contributed by atoms with Gasteiger partial charge in [0.15, 0.2) is 5.82 Å². The molecule has 21 heavy (non-hydrogen) atoms. The number of carbonyl (C=O) groups is 1. The van der Waals surface area contributed by atoms with Gasteiger partial charge in [0, 0.05) is 12.1 Å². The first-order chi connectivity index (χ1) is 10.1. The Bertz CT molecular complexity index is 612. The minimum absolute atomic E-state index is 0.155. The maximum Gasteiger partial charge on any atom is 0.234 e. The van der Waals surface area contributed by atoms with Gasteiger partial charge in [-0.25, -0.2) is 4.68 Å². The first-order valence-corrected chi connectivity index (χ1v) is 7.49. The van der Waals surface area contributed by atoms with Crippen LogP contribution >= 0.6 is 11.8 Å². The van der Waals surface area contributed by atoms with Crippen molar-refractivity contribution in [1.82, 2.24) is 14.9 Å². The van der Waals surface area contributed by atoms with Crippen LogP contribution in [0.3, 0.4) is 0 Å². The molecule has 0 saturated heterocycles. The van der Waals surface area contributed by atoms with Gasteiger partial charge in [-0.1, -0.05) is 18.7 Å². The summed E-state index contributed by atoms with van der Waals surface area (Å²) in [7, 11) is 0. The van der Waals surface area contributed by atoms with Crippen LogP contribution in [0, 0.1) is 0 Å². The lowest BCUT2D eigenvalue weighted by atomic mass is 10.3. The molecule has 2 rings (SSSR count). The van der Waals surface area contributed by atoms with Gasteiger partial charge < -0.3 is 16.3 Å². The predicted molar refractivity (Wildman–Crippen MR) is 81.6 cm³/mol. The van der Waals surface area contributed by atoms with E-state index < -0.39 is 0 Å². The van der Waals surface area contributed by atoms with Crippen LogP contribution in [-0.2, 0) is 11.2 Å². The number of hydrogen-bond acceptors (Lipinski definition) is 6. The van der Waals surface area contributed by atoms with Crippen molar-refractivity contribution in [3.8, 4) is 5.75 Å². The molecule has 4 N–H and O–H groups in total. The van der Waals surface area contributed by atoms with E-state index >= 15 is 0 Å². The van der Waals surface area contributed by atoms with Crippen LogP contribution < -0.4 is 11.2 Å². The second-order valence-corrected chi connectivity index (χ2v) is 5.35. The molecule has 0 spiro atoms. The fraction of sp³-hybridized carbons (Fsp3) is 0.308. The maximum atomic E-state index is 11.8. The van der Waals surface area contributed by atoms with Crippen molar-refractivity contribution in [3.63, 3.8) is 0 Å². The topological polar surface area (TPSA) is 106 Å². The molecule has 0 aliphatic carbocycles. The fourth-order valence-electron chi connectivity index (χ4n) is 1.67. The van der Waals surface area contributed by atoms with Crippen molar-refractivity contribution in [2.75, 3.05) is 16.9 Å². The number of aromatic nitrogens is 3. The second kappa shape index (κ2) is 6.98. The van der Waals surface area contributed by atoms with E-state index in [4.69, 9.17) is 5.84 Å². The third-order valence-electron chi connectivity index (χ3n) is 2.69. The number of amides is 1. The van der Waals surface area contributed by atoms with Crippen molar-refractivity contribution in [2.45, 2.75) is 24.9 Å². The number of phenols is 1. The molecule has 8 heteroatoms. The number of hydrogen-bond donors (Lipinski definition) is 3. The van der Waals surface area contributed by atoms with E-state index in [9.17, 15) is 9.90 Å². The summed E-state index contributed by atoms with van der Waals surface area (Å²) >= 11 is 1.23. The second-order valence-electron chi connectivity index (χ2n) is 4.40. The number of carbonyl (C=O) groups excluding carboxylic acids is 1. The molecule has 7 nitrogen and oxygen atoms in total. The van der Waals surface area contributed by atoms with Gasteiger partial charge in [-0.2, -0.15) is 0 Å². The number of benzene rings is 1. The molecule has 0 atom stereocenters. The van der Waals surface area contributed by atoms with Crippen molar-refractivity contribution >= 4 is 23.4 Å². The van der Waals surface area contributed by atoms with E-state index in [0.29, 0.717) is 16.7 Å². The number of nitrogen functional groups attached to an aromatic ring is 1. The van der Waals surface area contributed by atoms with Gasteiger partial charge >= 0.3 is 0 Å². The van der Waals surface area contributed by atoms with Crippen LogP contribution in [0.2, 0.25) is 0 Å². The largest absolute Gasteiger partial charge is 0.508 e. The molecule has 0 unspecified atom stereocenters. The highest BCUT2D eigenvalue weighted by Gasteiger charge is 2.11. The van der Waals surface area contributed by atoms with Crippen LogP contribution in [0.1, 0.15) is 19.2 Å². The highest BCUT2D eigenvalue weighted by atomic mass is 32.2. The Morgan fingerprint density at radius 3 is 2.76 bits per heavy atom. The number of anilines is 1. The number of nitrogens with two attached hydrogens (primary N) is 1. The van der Waals surface area contributed by atoms with Crippen LogP contribution in [-0.4, -0.2) is 31.6 Å². The summed E-state index contributed by atoms with van der Waals surface area (Å²) < 4.78 is 1.42. The van der Waals surface area contributed by atoms with Crippen LogP contribution in [0.5, 0.6) is 5.75 Å². The maximum absolute atomic E-state index is 11.8. The van der Waals surface area contributed by atoms with Gasteiger partial charge in [-0.05, 0) is 30.7 Å². The van der Waals surface area contributed by atoms with Gasteiger partial charge in [0.25, 0.3) is 0 Å². The lowest BCUT2D eigenvalue weighted by Crippen LogP contribution is -2.17. The Kier molecular flexibility index (Phi) is 5.04. The molecule has 1 aromatic carbocycles. The lowest BCUT2D eigenvalue weighted by Gasteiger charge is -2.05. The smallest absolute Gasteiger partial charge is 0.234 e. The summed E-state index contributed by atoms with van der Waals surface area (Å²) in [6, 6.07) is 6.28. The number of rotatable bonds is 6. The zero-order valence-corrected chi connectivity index (χ0v) is 12.4. The first-order valence-electron chi connectivity index (χ1n) is 6.51. The van der Waals surface area contributed by atoms with Crippen molar-refractivity contribution < 1.29 is 9.90 Å². The molecule has 0 aliphatic heterocycles. The van der Waals surface area contributed by atoms with Crippen LogP contribution in [0.25, 0.3) is 0 Å². The van der Waals surface area contributed by atoms with Gasteiger partial charge in [0.1, 0.15) is 5.75 Å². The Labute approximate surface area is 126 Å². The predicted octanol–water partition coefficient (Wildman–Crippen LogP) is 1.38. The van der Waals surface area contributed by atoms with Crippen LogP contribution in [0.15, 0.2) is 29.4 Å². The molecule has 112 valence electrons. The molecule has 0 fully saturated rings. The number of aromatic hydroxyl groups is 1. The van der Waals surface area contributed by atoms with E-state index in [0.717, 1.165) is 12.8 Å². The summed E-state index contributed by atoms with van der Waals surface area (Å²) in [5, 5.41) is 20.4. The van der Waals surface area contributed by atoms with E-state index in [1.54, 1.807) is 12.1 Å². The number of nitrogens with zero attached hydrogens (tertiary/aromatic N) is 3. The minimum Gasteiger partial charge on any atom is -0.508 e. The first kappa shape index (κ1) is 15.2. The molecule has 1 aromatic heterocycles. The zero-order valence-electron chi connectivity index (χ0n) is 11.6. The average molecular weight is 307 g/mol. The van der Waals surface area contributed by atoms with E-state index in [1.165, 1.54) is 28.6 Å². The SMILES string of the molecule is CCCc1nnc(SCC(=O)Nc2ccc(O)cc2)n1N. The standard InChI is InChI=1S/C13H17N5O2S/c1-2-3-11-16-17-13(18(11)14)21-8-12(20)15-9-4-6-10(19)7-5-9/h4-7,19H,2-3,8,14H2,1H3,(H,15,20). The Balaban J connectivity index is 1.87. The number of nitrogens with one attached hydrogen (secondary N) is 1. The zero-order chi connectivity index (χ0) is 15.2. The average Bonchev–Trinajstić information content (AvgIpc) is 2.81. The van der Waals surface area contributed by atoms with Gasteiger partial charge in [-0.3, -0.25) is 4.79 Å². The molecule has 1 amide bonds. The number of thioether (sulfide) groups is 1. The molecular weight excluding hydrogens is 290 g/mol. The highest BCUT2D eigenvalue weighted by molar-refractivity contribution is 7.99.